The third-order valence-corrected chi connectivity index (χ3v) is 10.8. The molecule has 0 bridgehead atoms. The second-order valence-electron chi connectivity index (χ2n) is 9.58. The number of hydrogen-bond donors (Lipinski definition) is 1. The van der Waals surface area contributed by atoms with E-state index in [1.807, 2.05) is 40.3 Å². The topological polar surface area (TPSA) is 68.5 Å². The molecule has 2 aromatic rings. The van der Waals surface area contributed by atoms with Gasteiger partial charge in [0.1, 0.15) is 11.4 Å². The molecule has 0 unspecified atom stereocenters. The van der Waals surface area contributed by atoms with Crippen LogP contribution in [-0.4, -0.2) is 30.3 Å². The molecule has 0 saturated carbocycles. The van der Waals surface area contributed by atoms with Gasteiger partial charge in [-0.2, -0.15) is 0 Å². The van der Waals surface area contributed by atoms with Crippen LogP contribution in [0.2, 0.25) is 18.1 Å². The molecule has 1 heterocycles. The zero-order valence-corrected chi connectivity index (χ0v) is 22.5. The van der Waals surface area contributed by atoms with Crippen LogP contribution in [0.3, 0.4) is 0 Å². The molecule has 1 aromatic heterocycles. The van der Waals surface area contributed by atoms with Crippen molar-refractivity contribution in [3.05, 3.63) is 43.5 Å². The molecule has 8 heteroatoms. The molecular formula is C23H33FINO4Si. The predicted octanol–water partition coefficient (Wildman–Crippen LogP) is 5.88. The highest BCUT2D eigenvalue weighted by atomic mass is 127. The molecule has 31 heavy (non-hydrogen) atoms. The van der Waals surface area contributed by atoms with Crippen LogP contribution in [-0.2, 0) is 4.74 Å². The van der Waals surface area contributed by atoms with Gasteiger partial charge in [0.15, 0.2) is 8.32 Å². The fourth-order valence-corrected chi connectivity index (χ4v) is 4.80. The maximum Gasteiger partial charge on any atom is 0.343 e. The number of esters is 1. The zero-order chi connectivity index (χ0) is 23.7. The first-order valence-electron chi connectivity index (χ1n) is 10.6. The Hall–Kier alpha value is -1.26. The minimum atomic E-state index is -2.40. The Morgan fingerprint density at radius 2 is 1.94 bits per heavy atom. The largest absolute Gasteiger partial charge is 0.462 e. The van der Waals surface area contributed by atoms with Crippen LogP contribution in [0.1, 0.15) is 63.9 Å². The van der Waals surface area contributed by atoms with Gasteiger partial charge in [0.25, 0.3) is 0 Å². The van der Waals surface area contributed by atoms with Gasteiger partial charge in [0.2, 0.25) is 5.43 Å². The van der Waals surface area contributed by atoms with Crippen molar-refractivity contribution < 1.29 is 18.7 Å². The second kappa shape index (κ2) is 9.70. The van der Waals surface area contributed by atoms with Crippen molar-refractivity contribution in [2.45, 2.75) is 71.6 Å². The number of pyridine rings is 1. The second-order valence-corrected chi connectivity index (χ2v) is 15.2. The monoisotopic (exact) mass is 561 g/mol. The predicted molar refractivity (Wildman–Crippen MR) is 134 cm³/mol. The summed E-state index contributed by atoms with van der Waals surface area (Å²) >= 11 is 1.85. The van der Waals surface area contributed by atoms with Crippen molar-refractivity contribution in [1.82, 2.24) is 4.57 Å². The number of fused-ring (bicyclic) bond motifs is 1. The standard InChI is InChI=1S/C23H33FINO4Si/c1-8-30-22(28)16-13-26(20-12-17(24)18(25)11-15(20)21(16)27)19(14(2)3)9-10-23(4,5)31(6,7)29/h11-14,19,29H,8-10H2,1-7H3/t19-/m1/s1. The number of aromatic nitrogens is 1. The van der Waals surface area contributed by atoms with Gasteiger partial charge in [-0.3, -0.25) is 4.79 Å². The van der Waals surface area contributed by atoms with Crippen molar-refractivity contribution in [3.8, 4) is 0 Å². The van der Waals surface area contributed by atoms with E-state index in [1.165, 1.54) is 18.3 Å². The highest BCUT2D eigenvalue weighted by Gasteiger charge is 2.38. The van der Waals surface area contributed by atoms with Gasteiger partial charge in [0.05, 0.1) is 12.1 Å². The molecule has 1 aromatic carbocycles. The van der Waals surface area contributed by atoms with Crippen LogP contribution < -0.4 is 5.43 Å². The minimum absolute atomic E-state index is 0.0430. The first-order chi connectivity index (χ1) is 14.2. The molecule has 0 aliphatic carbocycles. The van der Waals surface area contributed by atoms with E-state index >= 15 is 0 Å². The van der Waals surface area contributed by atoms with Gasteiger partial charge in [-0.05, 0) is 78.5 Å². The van der Waals surface area contributed by atoms with Crippen LogP contribution in [0.15, 0.2) is 23.1 Å². The number of halogens is 2. The van der Waals surface area contributed by atoms with E-state index in [-0.39, 0.29) is 29.2 Å². The van der Waals surface area contributed by atoms with Gasteiger partial charge in [-0.25, -0.2) is 9.18 Å². The maximum absolute atomic E-state index is 14.5. The quantitative estimate of drug-likeness (QED) is 0.249. The van der Waals surface area contributed by atoms with E-state index in [4.69, 9.17) is 4.74 Å². The van der Waals surface area contributed by atoms with Gasteiger partial charge >= 0.3 is 5.97 Å². The summed E-state index contributed by atoms with van der Waals surface area (Å²) in [6.07, 6.45) is 3.00. The van der Waals surface area contributed by atoms with Crippen molar-refractivity contribution >= 4 is 47.8 Å². The number of benzene rings is 1. The minimum Gasteiger partial charge on any atom is -0.462 e. The molecule has 0 radical (unpaired) electrons. The Kier molecular flexibility index (Phi) is 8.13. The fraction of sp³-hybridized carbons (Fsp3) is 0.565. The van der Waals surface area contributed by atoms with E-state index in [0.717, 1.165) is 12.8 Å². The molecular weight excluding hydrogens is 528 g/mol. The average molecular weight is 562 g/mol. The Labute approximate surface area is 198 Å². The first-order valence-corrected chi connectivity index (χ1v) is 14.7. The summed E-state index contributed by atoms with van der Waals surface area (Å²) in [4.78, 5) is 36.2. The summed E-state index contributed by atoms with van der Waals surface area (Å²) in [6.45, 7) is 14.0. The number of carbonyl (C=O) groups excluding carboxylic acids is 1. The fourth-order valence-electron chi connectivity index (χ4n) is 3.58. The molecule has 0 aliphatic heterocycles. The van der Waals surface area contributed by atoms with E-state index in [1.54, 1.807) is 6.92 Å². The van der Waals surface area contributed by atoms with Gasteiger partial charge < -0.3 is 14.1 Å². The summed E-state index contributed by atoms with van der Waals surface area (Å²) in [7, 11) is -2.40. The zero-order valence-electron chi connectivity index (χ0n) is 19.4. The number of ether oxygens (including phenoxy) is 1. The van der Waals surface area contributed by atoms with Gasteiger partial charge in [0, 0.05) is 21.2 Å². The average Bonchev–Trinajstić information content (AvgIpc) is 2.64. The van der Waals surface area contributed by atoms with E-state index in [9.17, 15) is 18.8 Å². The highest BCUT2D eigenvalue weighted by Crippen LogP contribution is 2.42. The number of hydrogen-bond acceptors (Lipinski definition) is 4. The molecule has 0 saturated heterocycles. The number of carbonyl (C=O) groups is 1. The SMILES string of the molecule is CCOC(=O)c1cn([C@H](CCC(C)(C)[Si](C)(C)O)C(C)C)c2cc(F)c(I)cc2c1=O. The maximum atomic E-state index is 14.5. The van der Waals surface area contributed by atoms with Crippen molar-refractivity contribution in [2.75, 3.05) is 6.61 Å². The van der Waals surface area contributed by atoms with Crippen LogP contribution in [0.25, 0.3) is 10.9 Å². The van der Waals surface area contributed by atoms with Crippen molar-refractivity contribution in [1.29, 1.82) is 0 Å². The van der Waals surface area contributed by atoms with Crippen molar-refractivity contribution in [3.63, 3.8) is 0 Å². The Bertz CT molecular complexity index is 1030. The van der Waals surface area contributed by atoms with Crippen LogP contribution in [0.5, 0.6) is 0 Å². The lowest BCUT2D eigenvalue weighted by molar-refractivity contribution is 0.0523. The van der Waals surface area contributed by atoms with E-state index < -0.39 is 25.5 Å². The molecule has 0 amide bonds. The summed E-state index contributed by atoms with van der Waals surface area (Å²) < 4.78 is 21.8. The molecule has 5 nitrogen and oxygen atoms in total. The lowest BCUT2D eigenvalue weighted by Crippen LogP contribution is -2.39. The highest BCUT2D eigenvalue weighted by molar-refractivity contribution is 14.1. The molecule has 0 aliphatic rings. The molecule has 172 valence electrons. The van der Waals surface area contributed by atoms with Crippen LogP contribution in [0, 0.1) is 15.3 Å². The van der Waals surface area contributed by atoms with E-state index in [2.05, 4.69) is 27.7 Å². The smallest absolute Gasteiger partial charge is 0.343 e. The molecule has 0 spiro atoms. The van der Waals surface area contributed by atoms with E-state index in [0.29, 0.717) is 14.5 Å². The number of nitrogens with zero attached hydrogens (tertiary/aromatic N) is 1. The van der Waals surface area contributed by atoms with Crippen molar-refractivity contribution in [2.24, 2.45) is 5.92 Å². The van der Waals surface area contributed by atoms with Gasteiger partial charge in [-0.1, -0.05) is 27.7 Å². The Balaban J connectivity index is 2.71. The normalized spacial score (nSPS) is 13.6. The summed E-state index contributed by atoms with van der Waals surface area (Å²) in [5, 5.41) is 0.0812. The van der Waals surface area contributed by atoms with Gasteiger partial charge in [-0.15, -0.1) is 0 Å². The third-order valence-electron chi connectivity index (χ3n) is 6.42. The third kappa shape index (κ3) is 5.57. The summed E-state index contributed by atoms with van der Waals surface area (Å²) in [6, 6.07) is 2.78. The number of rotatable bonds is 8. The Morgan fingerprint density at radius 1 is 1.32 bits per heavy atom. The lowest BCUT2D eigenvalue weighted by atomic mass is 9.93. The molecule has 0 fully saturated rings. The summed E-state index contributed by atoms with van der Waals surface area (Å²) in [5.41, 5.74) is -0.0270. The molecule has 1 N–H and O–H groups in total. The molecule has 2 rings (SSSR count). The van der Waals surface area contributed by atoms with Crippen LogP contribution in [0.4, 0.5) is 4.39 Å². The first kappa shape index (κ1) is 26.0. The lowest BCUT2D eigenvalue weighted by Gasteiger charge is -2.37. The Morgan fingerprint density at radius 3 is 2.45 bits per heavy atom. The molecule has 1 atom stereocenters. The van der Waals surface area contributed by atoms with Crippen LogP contribution >= 0.6 is 22.6 Å². The summed E-state index contributed by atoms with van der Waals surface area (Å²) in [5.74, 6) is -0.923.